The number of ether oxygens (including phenoxy) is 2. The molecule has 1 saturated heterocycles. The van der Waals surface area contributed by atoms with Crippen LogP contribution in [0.2, 0.25) is 0 Å². The van der Waals surface area contributed by atoms with E-state index in [1.165, 1.54) is 6.92 Å². The highest BCUT2D eigenvalue weighted by molar-refractivity contribution is 5.66. The molecule has 12 heavy (non-hydrogen) atoms. The van der Waals surface area contributed by atoms with Crippen LogP contribution in [0.3, 0.4) is 0 Å². The topological polar surface area (TPSA) is 55.8 Å². The largest absolute Gasteiger partial charge is 0.460 e. The summed E-state index contributed by atoms with van der Waals surface area (Å²) in [5.41, 5.74) is 0. The lowest BCUT2D eigenvalue weighted by Gasteiger charge is -2.28. The van der Waals surface area contributed by atoms with Gasteiger partial charge < -0.3 is 14.6 Å². The van der Waals surface area contributed by atoms with E-state index in [2.05, 4.69) is 4.74 Å². The predicted molar refractivity (Wildman–Crippen MR) is 37.0 cm³/mol. The molecular weight excluding hydrogens is 167 g/mol. The highest BCUT2D eigenvalue weighted by Crippen LogP contribution is 2.17. The number of halogens is 1. The average Bonchev–Trinajstić information content (AvgIpc) is 1.96. The molecule has 0 bridgehead atoms. The van der Waals surface area contributed by atoms with Crippen LogP contribution in [0.4, 0.5) is 4.39 Å². The Bertz CT molecular complexity index is 173. The molecule has 0 aromatic rings. The first-order valence-electron chi connectivity index (χ1n) is 3.70. The zero-order valence-electron chi connectivity index (χ0n) is 6.70. The number of esters is 1. The van der Waals surface area contributed by atoms with Gasteiger partial charge in [-0.25, -0.2) is 4.39 Å². The standard InChI is InChI=1S/C7H11FO4/c1-4(9)12-5-2-6(8)7(10)11-3-5/h5-7,10H,2-3H2,1H3/t5-,6?,7?/m0/s1. The summed E-state index contributed by atoms with van der Waals surface area (Å²) in [6.07, 6.45) is -3.42. The zero-order valence-corrected chi connectivity index (χ0v) is 6.70. The Balaban J connectivity index is 2.35. The Labute approximate surface area is 69.3 Å². The second kappa shape index (κ2) is 3.82. The summed E-state index contributed by atoms with van der Waals surface area (Å²) < 4.78 is 22.0. The summed E-state index contributed by atoms with van der Waals surface area (Å²) in [5, 5.41) is 8.79. The summed E-state index contributed by atoms with van der Waals surface area (Å²) in [6, 6.07) is 0. The molecule has 1 aliphatic heterocycles. The first-order valence-corrected chi connectivity index (χ1v) is 3.70. The fourth-order valence-electron chi connectivity index (χ4n) is 1.06. The Morgan fingerprint density at radius 2 is 2.42 bits per heavy atom. The van der Waals surface area contributed by atoms with Gasteiger partial charge in [0.2, 0.25) is 0 Å². The van der Waals surface area contributed by atoms with Crippen LogP contribution in [0, 0.1) is 0 Å². The van der Waals surface area contributed by atoms with Crippen LogP contribution in [-0.2, 0) is 14.3 Å². The molecule has 1 fully saturated rings. The quantitative estimate of drug-likeness (QED) is 0.574. The highest BCUT2D eigenvalue weighted by atomic mass is 19.1. The smallest absolute Gasteiger partial charge is 0.302 e. The number of aliphatic hydroxyl groups excluding tert-OH is 1. The number of rotatable bonds is 1. The summed E-state index contributed by atoms with van der Waals surface area (Å²) in [7, 11) is 0. The van der Waals surface area contributed by atoms with Gasteiger partial charge in [-0.05, 0) is 0 Å². The lowest BCUT2D eigenvalue weighted by molar-refractivity contribution is -0.203. The molecule has 0 aromatic heterocycles. The summed E-state index contributed by atoms with van der Waals surface area (Å²) in [5.74, 6) is -0.466. The molecule has 3 atom stereocenters. The molecule has 0 radical (unpaired) electrons. The molecule has 0 spiro atoms. The van der Waals surface area contributed by atoms with Crippen LogP contribution in [0.15, 0.2) is 0 Å². The monoisotopic (exact) mass is 178 g/mol. The third-order valence-electron chi connectivity index (χ3n) is 1.58. The molecule has 5 heteroatoms. The van der Waals surface area contributed by atoms with E-state index in [-0.39, 0.29) is 13.0 Å². The van der Waals surface area contributed by atoms with Crippen molar-refractivity contribution in [3.63, 3.8) is 0 Å². The van der Waals surface area contributed by atoms with Crippen LogP contribution < -0.4 is 0 Å². The van der Waals surface area contributed by atoms with Crippen molar-refractivity contribution in [2.45, 2.75) is 31.9 Å². The van der Waals surface area contributed by atoms with E-state index in [0.717, 1.165) is 0 Å². The molecule has 1 aliphatic rings. The Kier molecular flexibility index (Phi) is 2.99. The van der Waals surface area contributed by atoms with Gasteiger partial charge in [-0.2, -0.15) is 0 Å². The van der Waals surface area contributed by atoms with Crippen molar-refractivity contribution in [3.8, 4) is 0 Å². The van der Waals surface area contributed by atoms with Gasteiger partial charge >= 0.3 is 5.97 Å². The molecule has 0 saturated carbocycles. The molecule has 0 amide bonds. The second-order valence-corrected chi connectivity index (χ2v) is 2.71. The van der Waals surface area contributed by atoms with Crippen molar-refractivity contribution >= 4 is 5.97 Å². The molecule has 0 aromatic carbocycles. The average molecular weight is 178 g/mol. The maximum absolute atomic E-state index is 12.7. The van der Waals surface area contributed by atoms with Crippen molar-refractivity contribution in [3.05, 3.63) is 0 Å². The van der Waals surface area contributed by atoms with Gasteiger partial charge in [0.1, 0.15) is 6.10 Å². The lowest BCUT2D eigenvalue weighted by atomic mass is 10.1. The fourth-order valence-corrected chi connectivity index (χ4v) is 1.06. The van der Waals surface area contributed by atoms with E-state index in [1.54, 1.807) is 0 Å². The Morgan fingerprint density at radius 3 is 2.92 bits per heavy atom. The van der Waals surface area contributed by atoms with Crippen LogP contribution in [0.5, 0.6) is 0 Å². The zero-order chi connectivity index (χ0) is 9.14. The number of hydrogen-bond donors (Lipinski definition) is 1. The number of aliphatic hydroxyl groups is 1. The van der Waals surface area contributed by atoms with Crippen molar-refractivity contribution in [1.82, 2.24) is 0 Å². The minimum Gasteiger partial charge on any atom is -0.460 e. The molecule has 1 rings (SSSR count). The molecule has 2 unspecified atom stereocenters. The van der Waals surface area contributed by atoms with E-state index in [4.69, 9.17) is 9.84 Å². The maximum atomic E-state index is 12.7. The number of carbonyl (C=O) groups is 1. The van der Waals surface area contributed by atoms with E-state index >= 15 is 0 Å². The number of carbonyl (C=O) groups excluding carboxylic acids is 1. The van der Waals surface area contributed by atoms with Gasteiger partial charge in [0.05, 0.1) is 6.61 Å². The third kappa shape index (κ3) is 2.42. The van der Waals surface area contributed by atoms with E-state index in [9.17, 15) is 9.18 Å². The van der Waals surface area contributed by atoms with Crippen LogP contribution in [-0.4, -0.2) is 36.2 Å². The highest BCUT2D eigenvalue weighted by Gasteiger charge is 2.31. The fraction of sp³-hybridized carbons (Fsp3) is 0.857. The molecular formula is C7H11FO4. The number of hydrogen-bond acceptors (Lipinski definition) is 4. The van der Waals surface area contributed by atoms with Crippen molar-refractivity contribution in [1.29, 1.82) is 0 Å². The third-order valence-corrected chi connectivity index (χ3v) is 1.58. The predicted octanol–water partition coefficient (Wildman–Crippen LogP) is -0.00510. The minimum atomic E-state index is -1.47. The second-order valence-electron chi connectivity index (χ2n) is 2.71. The Morgan fingerprint density at radius 1 is 1.75 bits per heavy atom. The number of alkyl halides is 1. The van der Waals surface area contributed by atoms with Crippen molar-refractivity contribution in [2.24, 2.45) is 0 Å². The SMILES string of the molecule is CC(=O)O[C@@H]1COC(O)C(F)C1. The van der Waals surface area contributed by atoms with E-state index < -0.39 is 24.5 Å². The summed E-state index contributed by atoms with van der Waals surface area (Å²) >= 11 is 0. The maximum Gasteiger partial charge on any atom is 0.302 e. The van der Waals surface area contributed by atoms with E-state index in [0.29, 0.717) is 0 Å². The first kappa shape index (κ1) is 9.41. The van der Waals surface area contributed by atoms with Crippen LogP contribution >= 0.6 is 0 Å². The lowest BCUT2D eigenvalue weighted by Crippen LogP contribution is -2.40. The van der Waals surface area contributed by atoms with Gasteiger partial charge in [-0.1, -0.05) is 0 Å². The minimum absolute atomic E-state index is 0.000741. The molecule has 70 valence electrons. The van der Waals surface area contributed by atoms with Crippen molar-refractivity contribution in [2.75, 3.05) is 6.61 Å². The van der Waals surface area contributed by atoms with Crippen LogP contribution in [0.25, 0.3) is 0 Å². The summed E-state index contributed by atoms with van der Waals surface area (Å²) in [4.78, 5) is 10.4. The van der Waals surface area contributed by atoms with Gasteiger partial charge in [-0.15, -0.1) is 0 Å². The molecule has 1 N–H and O–H groups in total. The van der Waals surface area contributed by atoms with Gasteiger partial charge in [0.25, 0.3) is 0 Å². The van der Waals surface area contributed by atoms with Gasteiger partial charge in [0, 0.05) is 13.3 Å². The molecule has 4 nitrogen and oxygen atoms in total. The van der Waals surface area contributed by atoms with E-state index in [1.807, 2.05) is 0 Å². The Hall–Kier alpha value is -0.680. The summed E-state index contributed by atoms with van der Waals surface area (Å²) in [6.45, 7) is 1.30. The van der Waals surface area contributed by atoms with Gasteiger partial charge in [0.15, 0.2) is 12.5 Å². The van der Waals surface area contributed by atoms with Crippen molar-refractivity contribution < 1.29 is 23.8 Å². The normalized spacial score (nSPS) is 36.1. The molecule has 0 aliphatic carbocycles. The molecule has 1 heterocycles. The van der Waals surface area contributed by atoms with Gasteiger partial charge in [-0.3, -0.25) is 4.79 Å². The first-order chi connectivity index (χ1) is 5.59. The van der Waals surface area contributed by atoms with Crippen LogP contribution in [0.1, 0.15) is 13.3 Å².